The van der Waals surface area contributed by atoms with E-state index in [-0.39, 0.29) is 23.2 Å². The zero-order valence-corrected chi connectivity index (χ0v) is 14.8. The van der Waals surface area contributed by atoms with Crippen LogP contribution in [0.15, 0.2) is 24.3 Å². The van der Waals surface area contributed by atoms with Gasteiger partial charge in [0.1, 0.15) is 11.4 Å². The summed E-state index contributed by atoms with van der Waals surface area (Å²) < 4.78 is 5.73. The molecule has 9 heteroatoms. The summed E-state index contributed by atoms with van der Waals surface area (Å²) in [6.07, 6.45) is 0.959. The Balaban J connectivity index is 1.81. The van der Waals surface area contributed by atoms with Gasteiger partial charge in [-0.15, -0.1) is 0 Å². The second-order valence-electron chi connectivity index (χ2n) is 6.13. The second kappa shape index (κ2) is 7.36. The summed E-state index contributed by atoms with van der Waals surface area (Å²) in [6, 6.07) is 7.50. The molecular formula is C17H22N8O. The Bertz CT molecular complexity index is 911. The van der Waals surface area contributed by atoms with Crippen molar-refractivity contribution in [1.29, 1.82) is 0 Å². The Labute approximate surface area is 151 Å². The smallest absolute Gasteiger partial charge is 0.224 e. The van der Waals surface area contributed by atoms with Gasteiger partial charge < -0.3 is 26.8 Å². The van der Waals surface area contributed by atoms with Crippen molar-refractivity contribution in [3.63, 3.8) is 0 Å². The molecule has 136 valence electrons. The Morgan fingerprint density at radius 1 is 0.923 bits per heavy atom. The highest BCUT2D eigenvalue weighted by Crippen LogP contribution is 2.27. The number of nitrogens with zero attached hydrogens (tertiary/aromatic N) is 5. The van der Waals surface area contributed by atoms with Gasteiger partial charge in [0.15, 0.2) is 22.8 Å². The summed E-state index contributed by atoms with van der Waals surface area (Å²) in [6.45, 7) is 1.64. The molecule has 0 saturated carbocycles. The van der Waals surface area contributed by atoms with Crippen molar-refractivity contribution in [2.75, 3.05) is 44.4 Å². The molecule has 3 aromatic rings. The van der Waals surface area contributed by atoms with Gasteiger partial charge in [0.2, 0.25) is 5.95 Å². The Hall–Kier alpha value is -3.20. The highest BCUT2D eigenvalue weighted by Gasteiger charge is 2.13. The molecule has 0 unspecified atom stereocenters. The Kier molecular flexibility index (Phi) is 4.99. The van der Waals surface area contributed by atoms with E-state index < -0.39 is 0 Å². The molecule has 1 aromatic carbocycles. The third-order valence-electron chi connectivity index (χ3n) is 3.75. The van der Waals surface area contributed by atoms with Crippen LogP contribution in [0.3, 0.4) is 0 Å². The summed E-state index contributed by atoms with van der Waals surface area (Å²) in [5.74, 6) is 1.24. The molecular weight excluding hydrogens is 332 g/mol. The van der Waals surface area contributed by atoms with Crippen LogP contribution in [0.5, 0.6) is 5.75 Å². The molecule has 3 rings (SSSR count). The lowest BCUT2D eigenvalue weighted by Crippen LogP contribution is -2.15. The van der Waals surface area contributed by atoms with Gasteiger partial charge in [-0.2, -0.15) is 9.97 Å². The fraction of sp³-hybridized carbons (Fsp3) is 0.294. The minimum Gasteiger partial charge on any atom is -0.494 e. The fourth-order valence-electron chi connectivity index (χ4n) is 2.49. The van der Waals surface area contributed by atoms with Crippen molar-refractivity contribution in [1.82, 2.24) is 24.8 Å². The lowest BCUT2D eigenvalue weighted by atomic mass is 10.1. The van der Waals surface area contributed by atoms with Crippen molar-refractivity contribution < 1.29 is 4.74 Å². The van der Waals surface area contributed by atoms with Crippen LogP contribution < -0.4 is 21.9 Å². The molecule has 0 amide bonds. The fourth-order valence-corrected chi connectivity index (χ4v) is 2.49. The van der Waals surface area contributed by atoms with E-state index in [9.17, 15) is 0 Å². The van der Waals surface area contributed by atoms with E-state index in [1.165, 1.54) is 0 Å². The molecule has 0 aliphatic heterocycles. The summed E-state index contributed by atoms with van der Waals surface area (Å²) in [4.78, 5) is 18.8. The zero-order valence-electron chi connectivity index (χ0n) is 14.8. The van der Waals surface area contributed by atoms with E-state index in [0.29, 0.717) is 17.8 Å². The van der Waals surface area contributed by atoms with Crippen molar-refractivity contribution in [2.24, 2.45) is 0 Å². The Morgan fingerprint density at radius 2 is 1.65 bits per heavy atom. The van der Waals surface area contributed by atoms with E-state index in [4.69, 9.17) is 21.9 Å². The van der Waals surface area contributed by atoms with Gasteiger partial charge in [0.25, 0.3) is 0 Å². The predicted octanol–water partition coefficient (Wildman–Crippen LogP) is 1.16. The number of nitrogen functional groups attached to an aromatic ring is 3. The number of hydrogen-bond donors (Lipinski definition) is 3. The first-order chi connectivity index (χ1) is 12.4. The SMILES string of the molecule is CN(C)CCCOc1ccc(-c2nc3c(N)nc(N)nc3nc2N)cc1. The lowest BCUT2D eigenvalue weighted by Gasteiger charge is -2.11. The van der Waals surface area contributed by atoms with Gasteiger partial charge >= 0.3 is 0 Å². The molecule has 0 aliphatic carbocycles. The highest BCUT2D eigenvalue weighted by atomic mass is 16.5. The van der Waals surface area contributed by atoms with E-state index in [1.807, 2.05) is 38.4 Å². The van der Waals surface area contributed by atoms with Gasteiger partial charge in [-0.3, -0.25) is 0 Å². The number of nitrogens with two attached hydrogens (primary N) is 3. The molecule has 0 saturated heterocycles. The number of aromatic nitrogens is 4. The monoisotopic (exact) mass is 354 g/mol. The zero-order chi connectivity index (χ0) is 18.7. The molecule has 9 nitrogen and oxygen atoms in total. The van der Waals surface area contributed by atoms with Crippen LogP contribution in [0.25, 0.3) is 22.4 Å². The molecule has 0 atom stereocenters. The van der Waals surface area contributed by atoms with Crippen molar-refractivity contribution in [3.8, 4) is 17.0 Å². The minimum absolute atomic E-state index is 0.0345. The number of fused-ring (bicyclic) bond motifs is 1. The van der Waals surface area contributed by atoms with Gasteiger partial charge in [-0.05, 0) is 44.8 Å². The quantitative estimate of drug-likeness (QED) is 0.556. The molecule has 0 spiro atoms. The molecule has 0 bridgehead atoms. The summed E-state index contributed by atoms with van der Waals surface area (Å²) in [5.41, 5.74) is 19.4. The van der Waals surface area contributed by atoms with Gasteiger partial charge in [-0.25, -0.2) is 9.97 Å². The molecule has 26 heavy (non-hydrogen) atoms. The third kappa shape index (κ3) is 3.89. The van der Waals surface area contributed by atoms with Crippen LogP contribution in [-0.4, -0.2) is 52.1 Å². The van der Waals surface area contributed by atoms with E-state index in [0.717, 1.165) is 24.3 Å². The molecule has 0 aliphatic rings. The van der Waals surface area contributed by atoms with Gasteiger partial charge in [0.05, 0.1) is 6.61 Å². The second-order valence-corrected chi connectivity index (χ2v) is 6.13. The predicted molar refractivity (Wildman–Crippen MR) is 102 cm³/mol. The van der Waals surface area contributed by atoms with Crippen LogP contribution in [0.1, 0.15) is 6.42 Å². The standard InChI is InChI=1S/C17H22N8O/c1-25(2)8-3-9-26-11-6-4-10(5-7-11)12-14(18)22-16-13(21-12)15(19)23-17(20)24-16/h4-7H,3,8-9H2,1-2H3,(H6,18,19,20,22,23,24). The Morgan fingerprint density at radius 3 is 2.35 bits per heavy atom. The average molecular weight is 354 g/mol. The average Bonchev–Trinajstić information content (AvgIpc) is 2.58. The van der Waals surface area contributed by atoms with E-state index in [1.54, 1.807) is 0 Å². The number of anilines is 3. The maximum atomic E-state index is 6.03. The number of ether oxygens (including phenoxy) is 1. The van der Waals surface area contributed by atoms with Crippen molar-refractivity contribution >= 4 is 28.7 Å². The topological polar surface area (TPSA) is 142 Å². The van der Waals surface area contributed by atoms with E-state index >= 15 is 0 Å². The van der Waals surface area contributed by atoms with Crippen LogP contribution in [-0.2, 0) is 0 Å². The first-order valence-corrected chi connectivity index (χ1v) is 8.18. The minimum atomic E-state index is 0.0345. The molecule has 0 radical (unpaired) electrons. The third-order valence-corrected chi connectivity index (χ3v) is 3.75. The van der Waals surface area contributed by atoms with Gasteiger partial charge in [-0.1, -0.05) is 0 Å². The van der Waals surface area contributed by atoms with E-state index in [2.05, 4.69) is 24.8 Å². The number of benzene rings is 1. The van der Waals surface area contributed by atoms with Crippen LogP contribution in [0.2, 0.25) is 0 Å². The first kappa shape index (κ1) is 17.6. The van der Waals surface area contributed by atoms with Crippen molar-refractivity contribution in [3.05, 3.63) is 24.3 Å². The van der Waals surface area contributed by atoms with Crippen LogP contribution >= 0.6 is 0 Å². The maximum Gasteiger partial charge on any atom is 0.224 e. The summed E-state index contributed by atoms with van der Waals surface area (Å²) in [5, 5.41) is 0. The van der Waals surface area contributed by atoms with Crippen molar-refractivity contribution in [2.45, 2.75) is 6.42 Å². The molecule has 0 fully saturated rings. The molecule has 2 aromatic heterocycles. The number of hydrogen-bond acceptors (Lipinski definition) is 9. The molecule has 2 heterocycles. The normalized spacial score (nSPS) is 11.2. The maximum absolute atomic E-state index is 6.03. The number of rotatable bonds is 6. The highest BCUT2D eigenvalue weighted by molar-refractivity contribution is 5.87. The molecule has 6 N–H and O–H groups in total. The largest absolute Gasteiger partial charge is 0.494 e. The van der Waals surface area contributed by atoms with Crippen LogP contribution in [0.4, 0.5) is 17.6 Å². The lowest BCUT2D eigenvalue weighted by molar-refractivity contribution is 0.281. The summed E-state index contributed by atoms with van der Waals surface area (Å²) >= 11 is 0. The summed E-state index contributed by atoms with van der Waals surface area (Å²) in [7, 11) is 4.08. The van der Waals surface area contributed by atoms with Crippen LogP contribution in [0, 0.1) is 0 Å². The van der Waals surface area contributed by atoms with Gasteiger partial charge in [0, 0.05) is 12.1 Å². The first-order valence-electron chi connectivity index (χ1n) is 8.18.